The molecule has 110 valence electrons. The average molecular weight is 292 g/mol. The van der Waals surface area contributed by atoms with Gasteiger partial charge in [0.2, 0.25) is 0 Å². The van der Waals surface area contributed by atoms with E-state index < -0.39 is 0 Å². The summed E-state index contributed by atoms with van der Waals surface area (Å²) in [6.45, 7) is 1.96. The smallest absolute Gasteiger partial charge is 0.187 e. The van der Waals surface area contributed by atoms with Gasteiger partial charge in [0.15, 0.2) is 5.82 Å². The lowest BCUT2D eigenvalue weighted by molar-refractivity contribution is 0.467. The summed E-state index contributed by atoms with van der Waals surface area (Å²) in [6, 6.07) is 11.5. The Kier molecular flexibility index (Phi) is 2.92. The van der Waals surface area contributed by atoms with Crippen molar-refractivity contribution in [3.05, 3.63) is 53.5 Å². The number of benzene rings is 1. The highest BCUT2D eigenvalue weighted by atomic mass is 16.3. The summed E-state index contributed by atoms with van der Waals surface area (Å²) in [5.41, 5.74) is 3.65. The van der Waals surface area contributed by atoms with Crippen molar-refractivity contribution in [3.63, 3.8) is 0 Å². The van der Waals surface area contributed by atoms with Crippen LogP contribution < -0.4 is 0 Å². The average Bonchev–Trinajstić information content (AvgIpc) is 2.84. The lowest BCUT2D eigenvalue weighted by Gasteiger charge is -2.12. The van der Waals surface area contributed by atoms with Gasteiger partial charge in [-0.15, -0.1) is 10.2 Å². The number of rotatable bonds is 1. The lowest BCUT2D eigenvalue weighted by atomic mass is 10.1. The highest BCUT2D eigenvalue weighted by Gasteiger charge is 2.22. The fourth-order valence-corrected chi connectivity index (χ4v) is 3.02. The predicted molar refractivity (Wildman–Crippen MR) is 83.0 cm³/mol. The van der Waals surface area contributed by atoms with E-state index in [9.17, 15) is 5.11 Å². The Morgan fingerprint density at radius 3 is 2.77 bits per heavy atom. The van der Waals surface area contributed by atoms with Crippen LogP contribution in [0.1, 0.15) is 23.5 Å². The number of fused-ring (bicyclic) bond motifs is 3. The summed E-state index contributed by atoms with van der Waals surface area (Å²) in [4.78, 5) is 4.56. The molecule has 0 fully saturated rings. The second kappa shape index (κ2) is 4.94. The molecule has 0 bridgehead atoms. The molecule has 0 saturated heterocycles. The van der Waals surface area contributed by atoms with Gasteiger partial charge in [0.25, 0.3) is 0 Å². The molecule has 0 aliphatic carbocycles. The van der Waals surface area contributed by atoms with Gasteiger partial charge in [-0.25, -0.2) is 4.98 Å². The number of phenols is 1. The van der Waals surface area contributed by atoms with Crippen LogP contribution in [0.2, 0.25) is 0 Å². The second-order valence-corrected chi connectivity index (χ2v) is 5.57. The van der Waals surface area contributed by atoms with Crippen LogP contribution in [0.5, 0.6) is 5.75 Å². The third-order valence-electron chi connectivity index (χ3n) is 4.04. The first-order valence-corrected chi connectivity index (χ1v) is 7.43. The number of nitrogens with zero attached hydrogens (tertiary/aromatic N) is 4. The van der Waals surface area contributed by atoms with Gasteiger partial charge in [-0.05, 0) is 44.0 Å². The Labute approximate surface area is 128 Å². The molecule has 0 radical (unpaired) electrons. The van der Waals surface area contributed by atoms with Crippen LogP contribution in [-0.2, 0) is 12.8 Å². The molecule has 1 N–H and O–H groups in total. The van der Waals surface area contributed by atoms with Crippen LogP contribution >= 0.6 is 0 Å². The van der Waals surface area contributed by atoms with Gasteiger partial charge in [0, 0.05) is 17.7 Å². The number of aryl methyl sites for hydroxylation is 2. The Bertz CT molecular complexity index is 854. The Balaban J connectivity index is 1.99. The molecule has 5 heteroatoms. The molecule has 5 nitrogen and oxygen atoms in total. The maximum atomic E-state index is 10.2. The van der Waals surface area contributed by atoms with Crippen molar-refractivity contribution in [2.24, 2.45) is 0 Å². The van der Waals surface area contributed by atoms with Gasteiger partial charge in [0.05, 0.1) is 5.69 Å². The summed E-state index contributed by atoms with van der Waals surface area (Å²) in [5.74, 6) is 1.98. The topological polar surface area (TPSA) is 63.8 Å². The standard InChI is InChI=1S/C17H16N4O/c1-11-5-2-7-13(18-11)17-20-19-16-10-3-6-12-14(21(16)17)8-4-9-15(12)22/h2,4-5,7-9,22H,3,6,10H2,1H3. The minimum absolute atomic E-state index is 0.335. The van der Waals surface area contributed by atoms with Gasteiger partial charge < -0.3 is 5.11 Å². The normalized spacial score (nSPS) is 13.3. The van der Waals surface area contributed by atoms with Crippen LogP contribution in [0.4, 0.5) is 0 Å². The third kappa shape index (κ3) is 1.97. The maximum Gasteiger partial charge on any atom is 0.187 e. The lowest BCUT2D eigenvalue weighted by Crippen LogP contribution is -2.04. The van der Waals surface area contributed by atoms with Gasteiger partial charge >= 0.3 is 0 Å². The minimum Gasteiger partial charge on any atom is -0.508 e. The molecule has 0 unspecified atom stereocenters. The first-order chi connectivity index (χ1) is 10.7. The Hall–Kier alpha value is -2.69. The number of aromatic hydroxyl groups is 1. The van der Waals surface area contributed by atoms with Crippen molar-refractivity contribution >= 4 is 0 Å². The zero-order valence-corrected chi connectivity index (χ0v) is 12.3. The van der Waals surface area contributed by atoms with E-state index in [1.54, 1.807) is 6.07 Å². The van der Waals surface area contributed by atoms with E-state index in [1.165, 1.54) is 0 Å². The number of pyridine rings is 1. The van der Waals surface area contributed by atoms with Crippen molar-refractivity contribution < 1.29 is 5.11 Å². The monoisotopic (exact) mass is 292 g/mol. The Morgan fingerprint density at radius 2 is 1.91 bits per heavy atom. The highest BCUT2D eigenvalue weighted by Crippen LogP contribution is 2.32. The van der Waals surface area contributed by atoms with Gasteiger partial charge in [0.1, 0.15) is 17.3 Å². The van der Waals surface area contributed by atoms with E-state index in [2.05, 4.69) is 15.2 Å². The fraction of sp³-hybridized carbons (Fsp3) is 0.235. The molecule has 3 heterocycles. The van der Waals surface area contributed by atoms with E-state index >= 15 is 0 Å². The molecule has 0 amide bonds. The summed E-state index contributed by atoms with van der Waals surface area (Å²) < 4.78 is 2.03. The van der Waals surface area contributed by atoms with E-state index in [0.29, 0.717) is 5.75 Å². The number of hydrogen-bond acceptors (Lipinski definition) is 4. The third-order valence-corrected chi connectivity index (χ3v) is 4.04. The zero-order chi connectivity index (χ0) is 15.1. The molecule has 0 atom stereocenters. The molecular formula is C17H16N4O. The van der Waals surface area contributed by atoms with Gasteiger partial charge in [-0.1, -0.05) is 12.1 Å². The van der Waals surface area contributed by atoms with Crippen molar-refractivity contribution in [2.45, 2.75) is 26.2 Å². The Morgan fingerprint density at radius 1 is 1.05 bits per heavy atom. The van der Waals surface area contributed by atoms with E-state index in [-0.39, 0.29) is 0 Å². The number of aromatic nitrogens is 4. The van der Waals surface area contributed by atoms with Crippen LogP contribution in [0, 0.1) is 6.92 Å². The molecule has 0 saturated carbocycles. The molecule has 1 aromatic carbocycles. The van der Waals surface area contributed by atoms with Crippen LogP contribution in [-0.4, -0.2) is 24.9 Å². The first-order valence-electron chi connectivity index (χ1n) is 7.43. The molecule has 3 aromatic rings. The van der Waals surface area contributed by atoms with Crippen LogP contribution in [0.15, 0.2) is 36.4 Å². The van der Waals surface area contributed by atoms with Crippen molar-refractivity contribution in [1.29, 1.82) is 0 Å². The van der Waals surface area contributed by atoms with Crippen LogP contribution in [0.3, 0.4) is 0 Å². The molecule has 1 aliphatic rings. The van der Waals surface area contributed by atoms with Crippen molar-refractivity contribution in [1.82, 2.24) is 19.7 Å². The largest absolute Gasteiger partial charge is 0.508 e. The van der Waals surface area contributed by atoms with E-state index in [0.717, 1.165) is 53.5 Å². The first kappa shape index (κ1) is 13.0. The second-order valence-electron chi connectivity index (χ2n) is 5.57. The highest BCUT2D eigenvalue weighted by molar-refractivity contribution is 5.59. The minimum atomic E-state index is 0.335. The van der Waals surface area contributed by atoms with Gasteiger partial charge in [-0.3, -0.25) is 4.57 Å². The fourth-order valence-electron chi connectivity index (χ4n) is 3.02. The molecule has 4 rings (SSSR count). The summed E-state index contributed by atoms with van der Waals surface area (Å²) in [7, 11) is 0. The van der Waals surface area contributed by atoms with Crippen LogP contribution in [0.25, 0.3) is 17.2 Å². The quantitative estimate of drug-likeness (QED) is 0.749. The molecule has 0 spiro atoms. The SMILES string of the molecule is Cc1cccc(-c2nnc3n2-c2cccc(O)c2CCC3)n1. The molecule has 1 aliphatic heterocycles. The summed E-state index contributed by atoms with van der Waals surface area (Å²) >= 11 is 0. The molecule has 22 heavy (non-hydrogen) atoms. The van der Waals surface area contributed by atoms with Gasteiger partial charge in [-0.2, -0.15) is 0 Å². The summed E-state index contributed by atoms with van der Waals surface area (Å²) in [5, 5.41) is 18.9. The molecule has 2 aromatic heterocycles. The van der Waals surface area contributed by atoms with Crippen molar-refractivity contribution in [3.8, 4) is 23.0 Å². The van der Waals surface area contributed by atoms with Crippen molar-refractivity contribution in [2.75, 3.05) is 0 Å². The molecular weight excluding hydrogens is 276 g/mol. The number of phenolic OH excluding ortho intramolecular Hbond substituents is 1. The van der Waals surface area contributed by atoms with E-state index in [1.807, 2.05) is 41.8 Å². The number of hydrogen-bond donors (Lipinski definition) is 1. The maximum absolute atomic E-state index is 10.2. The summed E-state index contributed by atoms with van der Waals surface area (Å²) in [6.07, 6.45) is 2.63. The van der Waals surface area contributed by atoms with E-state index in [4.69, 9.17) is 0 Å². The predicted octanol–water partition coefficient (Wildman–Crippen LogP) is 2.83. The zero-order valence-electron chi connectivity index (χ0n) is 12.3.